The second kappa shape index (κ2) is 8.21. The maximum Gasteiger partial charge on any atom is 0.424 e. The summed E-state index contributed by atoms with van der Waals surface area (Å²) in [6.45, 7) is 7.00. The minimum atomic E-state index is -4.88. The number of hydrogen-bond donors (Lipinski definition) is 2. The first kappa shape index (κ1) is 23.2. The van der Waals surface area contributed by atoms with Gasteiger partial charge in [-0.1, -0.05) is 0 Å². The third-order valence-electron chi connectivity index (χ3n) is 5.29. The topological polar surface area (TPSA) is 95.2 Å². The molecule has 0 spiro atoms. The number of aromatic nitrogens is 2. The van der Waals surface area contributed by atoms with Gasteiger partial charge in [0.2, 0.25) is 5.60 Å². The summed E-state index contributed by atoms with van der Waals surface area (Å²) >= 11 is 0. The van der Waals surface area contributed by atoms with Gasteiger partial charge in [-0.05, 0) is 20.8 Å². The number of fused-ring (bicyclic) bond motifs is 1. The lowest BCUT2D eigenvalue weighted by Gasteiger charge is -2.39. The van der Waals surface area contributed by atoms with Gasteiger partial charge in [-0.25, -0.2) is 9.78 Å². The van der Waals surface area contributed by atoms with Gasteiger partial charge in [0.1, 0.15) is 11.4 Å². The molecule has 0 bridgehead atoms. The molecule has 2 atom stereocenters. The number of carbonyl (C=O) groups excluding carboxylic acids is 1. The van der Waals surface area contributed by atoms with E-state index in [2.05, 4.69) is 15.3 Å². The molecule has 1 aromatic rings. The molecular formula is C19H29F3N6O3. The van der Waals surface area contributed by atoms with Gasteiger partial charge in [0.25, 0.3) is 0 Å². The van der Waals surface area contributed by atoms with E-state index >= 15 is 0 Å². The van der Waals surface area contributed by atoms with Gasteiger partial charge >= 0.3 is 12.3 Å². The summed E-state index contributed by atoms with van der Waals surface area (Å²) in [5, 5.41) is 13.3. The molecule has 1 amide bonds. The van der Waals surface area contributed by atoms with E-state index in [4.69, 9.17) is 4.74 Å². The number of nitrogens with one attached hydrogen (secondary N) is 1. The Morgan fingerprint density at radius 3 is 2.61 bits per heavy atom. The Morgan fingerprint density at radius 2 is 2.03 bits per heavy atom. The van der Waals surface area contributed by atoms with Crippen LogP contribution < -0.4 is 5.32 Å². The highest BCUT2D eigenvalue weighted by Crippen LogP contribution is 2.40. The predicted octanol–water partition coefficient (Wildman–Crippen LogP) is 1.44. The van der Waals surface area contributed by atoms with E-state index in [0.717, 1.165) is 4.57 Å². The fourth-order valence-corrected chi connectivity index (χ4v) is 3.72. The van der Waals surface area contributed by atoms with Crippen molar-refractivity contribution in [3.63, 3.8) is 0 Å². The molecule has 0 radical (unpaired) electrons. The number of guanidine groups is 1. The number of rotatable bonds is 4. The highest BCUT2D eigenvalue weighted by atomic mass is 19.4. The molecule has 0 aliphatic carbocycles. The second-order valence-corrected chi connectivity index (χ2v) is 8.83. The summed E-state index contributed by atoms with van der Waals surface area (Å²) in [6, 6.07) is -0.0696. The standard InChI is InChI=1S/C19H29F3N6O3/c1-17(2,3)31-16(29)27-9-10-28-13(12-27)11-25-15(28)24-6-5-18(30,19(20,21)22)14-23-7-8-26(14)4/h7-8,13,30H,5-6,9-12H2,1-4H3,(H,24,25). The van der Waals surface area contributed by atoms with Crippen LogP contribution in [0, 0.1) is 0 Å². The lowest BCUT2D eigenvalue weighted by atomic mass is 9.97. The molecule has 2 unspecified atom stereocenters. The van der Waals surface area contributed by atoms with Gasteiger partial charge in [0, 0.05) is 52.0 Å². The summed E-state index contributed by atoms with van der Waals surface area (Å²) in [5.41, 5.74) is -3.66. The number of halogens is 3. The minimum Gasteiger partial charge on any atom is -0.444 e. The number of nitrogens with zero attached hydrogens (tertiary/aromatic N) is 5. The molecule has 0 aromatic carbocycles. The molecular weight excluding hydrogens is 417 g/mol. The largest absolute Gasteiger partial charge is 0.444 e. The molecule has 2 aliphatic heterocycles. The molecule has 3 rings (SSSR count). The van der Waals surface area contributed by atoms with E-state index < -0.39 is 29.6 Å². The normalized spacial score (nSPS) is 21.4. The SMILES string of the molecule is Cn1ccnc1C(O)(CCNC1=NCC2CN(C(=O)OC(C)(C)C)CCN12)C(F)(F)F. The Morgan fingerprint density at radius 1 is 1.32 bits per heavy atom. The van der Waals surface area contributed by atoms with Crippen LogP contribution in [-0.4, -0.2) is 87.1 Å². The van der Waals surface area contributed by atoms with Crippen LogP contribution in [0.1, 0.15) is 33.0 Å². The van der Waals surface area contributed by atoms with Gasteiger partial charge in [0.15, 0.2) is 5.96 Å². The van der Waals surface area contributed by atoms with Crippen LogP contribution in [0.5, 0.6) is 0 Å². The molecule has 2 N–H and O–H groups in total. The van der Waals surface area contributed by atoms with E-state index in [0.29, 0.717) is 32.1 Å². The monoisotopic (exact) mass is 446 g/mol. The van der Waals surface area contributed by atoms with Gasteiger partial charge in [-0.2, -0.15) is 13.2 Å². The molecule has 12 heteroatoms. The fraction of sp³-hybridized carbons (Fsp3) is 0.737. The maximum atomic E-state index is 13.6. The summed E-state index contributed by atoms with van der Waals surface area (Å²) in [7, 11) is 1.41. The van der Waals surface area contributed by atoms with E-state index in [9.17, 15) is 23.1 Å². The van der Waals surface area contributed by atoms with Crippen LogP contribution in [0.3, 0.4) is 0 Å². The Bertz CT molecular complexity index is 835. The number of imidazole rings is 1. The second-order valence-electron chi connectivity index (χ2n) is 8.83. The van der Waals surface area contributed by atoms with Crippen molar-refractivity contribution in [3.05, 3.63) is 18.2 Å². The van der Waals surface area contributed by atoms with E-state index in [1.165, 1.54) is 19.4 Å². The van der Waals surface area contributed by atoms with E-state index in [1.807, 2.05) is 4.90 Å². The summed E-state index contributed by atoms with van der Waals surface area (Å²) in [5.74, 6) is 0.0113. The Balaban J connectivity index is 1.57. The number of aliphatic imine (C=N–C) groups is 1. The zero-order valence-electron chi connectivity index (χ0n) is 18.1. The van der Waals surface area contributed by atoms with Crippen molar-refractivity contribution in [2.75, 3.05) is 32.7 Å². The zero-order chi connectivity index (χ0) is 23.0. The Hall–Kier alpha value is -2.50. The van der Waals surface area contributed by atoms with Crippen molar-refractivity contribution in [3.8, 4) is 0 Å². The van der Waals surface area contributed by atoms with Crippen LogP contribution in [0.2, 0.25) is 0 Å². The van der Waals surface area contributed by atoms with Crippen molar-refractivity contribution < 1.29 is 27.8 Å². The first-order valence-corrected chi connectivity index (χ1v) is 10.1. The minimum absolute atomic E-state index is 0.0696. The third kappa shape index (κ3) is 4.89. The fourth-order valence-electron chi connectivity index (χ4n) is 3.72. The van der Waals surface area contributed by atoms with E-state index in [-0.39, 0.29) is 18.7 Å². The number of alkyl halides is 3. The van der Waals surface area contributed by atoms with Crippen LogP contribution in [0.25, 0.3) is 0 Å². The molecule has 9 nitrogen and oxygen atoms in total. The summed E-state index contributed by atoms with van der Waals surface area (Å²) in [4.78, 5) is 23.9. The summed E-state index contributed by atoms with van der Waals surface area (Å²) < 4.78 is 47.5. The van der Waals surface area contributed by atoms with Crippen LogP contribution >= 0.6 is 0 Å². The molecule has 31 heavy (non-hydrogen) atoms. The molecule has 1 fully saturated rings. The number of aliphatic hydroxyl groups is 1. The first-order valence-electron chi connectivity index (χ1n) is 10.1. The lowest BCUT2D eigenvalue weighted by Crippen LogP contribution is -2.58. The van der Waals surface area contributed by atoms with Crippen molar-refractivity contribution in [2.45, 2.75) is 50.6 Å². The molecule has 2 aliphatic rings. The average molecular weight is 446 g/mol. The van der Waals surface area contributed by atoms with Crippen LogP contribution in [0.15, 0.2) is 17.4 Å². The smallest absolute Gasteiger partial charge is 0.424 e. The van der Waals surface area contributed by atoms with Crippen molar-refractivity contribution >= 4 is 12.1 Å². The van der Waals surface area contributed by atoms with Crippen molar-refractivity contribution in [1.82, 2.24) is 24.7 Å². The van der Waals surface area contributed by atoms with Gasteiger partial charge in [-0.15, -0.1) is 0 Å². The number of amides is 1. The number of aryl methyl sites for hydroxylation is 1. The zero-order valence-corrected chi connectivity index (χ0v) is 18.1. The lowest BCUT2D eigenvalue weighted by molar-refractivity contribution is -0.272. The maximum absolute atomic E-state index is 13.6. The molecule has 3 heterocycles. The van der Waals surface area contributed by atoms with Gasteiger partial charge < -0.3 is 29.5 Å². The average Bonchev–Trinajstić information content (AvgIpc) is 3.25. The highest BCUT2D eigenvalue weighted by Gasteiger charge is 2.57. The number of hydrogen-bond acceptors (Lipinski definition) is 7. The quantitative estimate of drug-likeness (QED) is 0.727. The first-order chi connectivity index (χ1) is 14.3. The molecule has 1 aromatic heterocycles. The van der Waals surface area contributed by atoms with E-state index in [1.54, 1.807) is 25.7 Å². The Kier molecular flexibility index (Phi) is 6.14. The predicted molar refractivity (Wildman–Crippen MR) is 106 cm³/mol. The van der Waals surface area contributed by atoms with Crippen LogP contribution in [-0.2, 0) is 17.4 Å². The van der Waals surface area contributed by atoms with Crippen molar-refractivity contribution in [2.24, 2.45) is 12.0 Å². The molecule has 0 saturated carbocycles. The van der Waals surface area contributed by atoms with Gasteiger partial charge in [0.05, 0.1) is 12.6 Å². The summed E-state index contributed by atoms with van der Waals surface area (Å²) in [6.07, 6.45) is -3.32. The van der Waals surface area contributed by atoms with Crippen LogP contribution in [0.4, 0.5) is 18.0 Å². The number of ether oxygens (including phenoxy) is 1. The number of piperazine rings is 1. The number of carbonyl (C=O) groups is 1. The van der Waals surface area contributed by atoms with Crippen molar-refractivity contribution in [1.29, 1.82) is 0 Å². The molecule has 1 saturated heterocycles. The molecule has 174 valence electrons. The Labute approximate surface area is 178 Å². The van der Waals surface area contributed by atoms with Gasteiger partial charge in [-0.3, -0.25) is 4.99 Å². The highest BCUT2D eigenvalue weighted by molar-refractivity contribution is 5.82. The third-order valence-corrected chi connectivity index (χ3v) is 5.29.